The highest BCUT2D eigenvalue weighted by Gasteiger charge is 2.38. The molecule has 0 saturated carbocycles. The lowest BCUT2D eigenvalue weighted by Crippen LogP contribution is -2.52. The Hall–Kier alpha value is -5.68. The summed E-state index contributed by atoms with van der Waals surface area (Å²) >= 11 is 0. The molecule has 1 aliphatic rings. The van der Waals surface area contributed by atoms with E-state index in [0.29, 0.717) is 16.9 Å². The van der Waals surface area contributed by atoms with Gasteiger partial charge < -0.3 is 23.9 Å². The first kappa shape index (κ1) is 28.4. The third kappa shape index (κ3) is 5.09. The lowest BCUT2D eigenvalue weighted by Gasteiger charge is -2.28. The van der Waals surface area contributed by atoms with Gasteiger partial charge in [-0.25, -0.2) is 4.79 Å². The molecule has 0 spiro atoms. The van der Waals surface area contributed by atoms with Crippen molar-refractivity contribution in [3.63, 3.8) is 0 Å². The zero-order valence-electron chi connectivity index (χ0n) is 23.8. The van der Waals surface area contributed by atoms with Gasteiger partial charge in [-0.2, -0.15) is 0 Å². The van der Waals surface area contributed by atoms with Crippen molar-refractivity contribution in [1.29, 1.82) is 0 Å². The molecule has 11 heteroatoms. The Bertz CT molecular complexity index is 2020. The number of aromatic nitrogens is 1. The predicted molar refractivity (Wildman–Crippen MR) is 162 cm³/mol. The van der Waals surface area contributed by atoms with E-state index < -0.39 is 29.4 Å². The number of barbiturate groups is 1. The highest BCUT2D eigenvalue weighted by atomic mass is 16.5. The van der Waals surface area contributed by atoms with E-state index in [2.05, 4.69) is 0 Å². The number of benzene rings is 3. The number of aliphatic hydroxyl groups excluding tert-OH is 1. The molecule has 0 aliphatic carbocycles. The molecule has 1 saturated heterocycles. The van der Waals surface area contributed by atoms with Gasteiger partial charge in [-0.3, -0.25) is 24.2 Å². The minimum Gasteiger partial charge on any atom is -0.507 e. The van der Waals surface area contributed by atoms with Crippen LogP contribution in [0.1, 0.15) is 5.56 Å². The smallest absolute Gasteiger partial charge is 0.333 e. The van der Waals surface area contributed by atoms with Gasteiger partial charge in [-0.05, 0) is 12.1 Å². The Morgan fingerprint density at radius 2 is 1.59 bits per heavy atom. The van der Waals surface area contributed by atoms with Crippen LogP contribution in [-0.4, -0.2) is 69.2 Å². The van der Waals surface area contributed by atoms with Gasteiger partial charge in [0.05, 0.1) is 6.54 Å². The van der Waals surface area contributed by atoms with Gasteiger partial charge in [0.2, 0.25) is 0 Å². The van der Waals surface area contributed by atoms with Crippen LogP contribution in [0.4, 0.5) is 4.79 Å². The van der Waals surface area contributed by atoms with E-state index in [1.165, 1.54) is 38.4 Å². The predicted octanol–water partition coefficient (Wildman–Crippen LogP) is 3.99. The molecular weight excluding hydrogens is 566 g/mol. The van der Waals surface area contributed by atoms with Gasteiger partial charge in [-0.1, -0.05) is 48.5 Å². The summed E-state index contributed by atoms with van der Waals surface area (Å²) in [4.78, 5) is 52.1. The van der Waals surface area contributed by atoms with E-state index in [1.54, 1.807) is 22.9 Å². The fourth-order valence-corrected chi connectivity index (χ4v) is 5.22. The number of amides is 4. The summed E-state index contributed by atoms with van der Waals surface area (Å²) < 4.78 is 13.5. The second-order valence-corrected chi connectivity index (χ2v) is 10.4. The molecule has 6 rings (SSSR count). The molecule has 2 N–H and O–H groups in total. The number of nitrogens with zero attached hydrogens (tertiary/aromatic N) is 3. The maximum Gasteiger partial charge on any atom is 0.333 e. The topological polar surface area (TPSA) is 143 Å². The zero-order chi connectivity index (χ0) is 31.1. The number of ether oxygens (including phenoxy) is 1. The summed E-state index contributed by atoms with van der Waals surface area (Å²) in [5, 5.41) is 22.2. The minimum atomic E-state index is -1.01. The molecule has 0 radical (unpaired) electrons. The van der Waals surface area contributed by atoms with Crippen LogP contribution < -0.4 is 10.2 Å². The van der Waals surface area contributed by atoms with Crippen LogP contribution in [-0.2, 0) is 16.1 Å². The van der Waals surface area contributed by atoms with Gasteiger partial charge in [0.15, 0.2) is 5.43 Å². The lowest BCUT2D eigenvalue weighted by atomic mass is 10.1. The first-order valence-corrected chi connectivity index (χ1v) is 13.7. The first-order chi connectivity index (χ1) is 21.1. The summed E-state index contributed by atoms with van der Waals surface area (Å²) in [7, 11) is 2.62. The van der Waals surface area contributed by atoms with Gasteiger partial charge in [0.25, 0.3) is 11.8 Å². The highest BCUT2D eigenvalue weighted by Crippen LogP contribution is 2.31. The van der Waals surface area contributed by atoms with Crippen LogP contribution in [0.25, 0.3) is 39.3 Å². The Labute approximate surface area is 250 Å². The Balaban J connectivity index is 1.24. The molecule has 1 fully saturated rings. The van der Waals surface area contributed by atoms with Crippen LogP contribution in [0.5, 0.6) is 11.5 Å². The average Bonchev–Trinajstić information content (AvgIpc) is 3.36. The van der Waals surface area contributed by atoms with Gasteiger partial charge in [0.1, 0.15) is 46.5 Å². The third-order valence-corrected chi connectivity index (χ3v) is 7.45. The first-order valence-electron chi connectivity index (χ1n) is 13.7. The Morgan fingerprint density at radius 3 is 2.32 bits per heavy atom. The summed E-state index contributed by atoms with van der Waals surface area (Å²) in [6, 6.07) is 19.8. The zero-order valence-corrected chi connectivity index (χ0v) is 23.8. The standard InChI is InChI=1S/C33H27N3O8/c1-34-31(40)24(32(41)35(2)33(34)42)12-20-16-36(25-11-7-6-10-23(20)25)17-21(37)18-43-22-13-26(38)30-27(39)15-28(44-29(30)14-22)19-8-4-3-5-9-19/h3-16,21,37-38H,17-18H2,1-2H3. The summed E-state index contributed by atoms with van der Waals surface area (Å²) in [6.07, 6.45) is 2.14. The minimum absolute atomic E-state index is 0.0229. The number of hydrogen-bond acceptors (Lipinski definition) is 8. The summed E-state index contributed by atoms with van der Waals surface area (Å²) in [5.41, 5.74) is 1.59. The van der Waals surface area contributed by atoms with Crippen LogP contribution in [0.2, 0.25) is 0 Å². The Kier molecular flexibility index (Phi) is 7.23. The fourth-order valence-electron chi connectivity index (χ4n) is 5.22. The number of carbonyl (C=O) groups excluding carboxylic acids is 3. The normalized spacial score (nSPS) is 14.5. The van der Waals surface area contributed by atoms with Crippen molar-refractivity contribution < 1.29 is 33.8 Å². The van der Waals surface area contributed by atoms with E-state index in [-0.39, 0.29) is 41.2 Å². The van der Waals surface area contributed by atoms with E-state index in [9.17, 15) is 29.4 Å². The monoisotopic (exact) mass is 593 g/mol. The average molecular weight is 594 g/mol. The van der Waals surface area contributed by atoms with E-state index in [4.69, 9.17) is 9.15 Å². The van der Waals surface area contributed by atoms with E-state index in [0.717, 1.165) is 20.7 Å². The maximum atomic E-state index is 12.7. The number of phenols is 1. The van der Waals surface area contributed by atoms with Crippen molar-refractivity contribution in [3.05, 3.63) is 100 Å². The number of phenolic OH excluding ortho intramolecular Hbond substituents is 1. The van der Waals surface area contributed by atoms with Gasteiger partial charge in [0, 0.05) is 60.5 Å². The van der Waals surface area contributed by atoms with Gasteiger partial charge in [-0.15, -0.1) is 0 Å². The number of aromatic hydroxyl groups is 1. The van der Waals surface area contributed by atoms with Crippen molar-refractivity contribution in [2.24, 2.45) is 0 Å². The molecular formula is C33H27N3O8. The molecule has 1 unspecified atom stereocenters. The number of urea groups is 1. The molecule has 1 atom stereocenters. The molecule has 1 aliphatic heterocycles. The van der Waals surface area contributed by atoms with Crippen LogP contribution in [0.15, 0.2) is 93.8 Å². The highest BCUT2D eigenvalue weighted by molar-refractivity contribution is 6.31. The molecule has 4 amide bonds. The molecule has 3 aromatic carbocycles. The van der Waals surface area contributed by atoms with Crippen LogP contribution >= 0.6 is 0 Å². The van der Waals surface area contributed by atoms with Gasteiger partial charge >= 0.3 is 6.03 Å². The molecule has 2 aromatic heterocycles. The quantitative estimate of drug-likeness (QED) is 0.213. The molecule has 11 nitrogen and oxygen atoms in total. The number of hydrogen-bond donors (Lipinski definition) is 2. The largest absolute Gasteiger partial charge is 0.507 e. The third-order valence-electron chi connectivity index (χ3n) is 7.45. The van der Waals surface area contributed by atoms with Crippen molar-refractivity contribution in [1.82, 2.24) is 14.4 Å². The molecule has 222 valence electrons. The molecule has 44 heavy (non-hydrogen) atoms. The van der Waals surface area contributed by atoms with Crippen molar-refractivity contribution in [2.75, 3.05) is 20.7 Å². The van der Waals surface area contributed by atoms with Crippen LogP contribution in [0.3, 0.4) is 0 Å². The summed E-state index contributed by atoms with van der Waals surface area (Å²) in [6.45, 7) is -0.0676. The van der Waals surface area contributed by atoms with Crippen LogP contribution in [0, 0.1) is 0 Å². The molecule has 5 aromatic rings. The van der Waals surface area contributed by atoms with Crippen molar-refractivity contribution >= 4 is 45.8 Å². The second kappa shape index (κ2) is 11.2. The molecule has 0 bridgehead atoms. The number of likely N-dealkylation sites (N-methyl/N-ethyl adjacent to an activating group) is 2. The number of imide groups is 2. The number of para-hydroxylation sites is 1. The molecule has 3 heterocycles. The summed E-state index contributed by atoms with van der Waals surface area (Å²) in [5.74, 6) is -1.17. The van der Waals surface area contributed by atoms with E-state index >= 15 is 0 Å². The van der Waals surface area contributed by atoms with E-state index in [1.807, 2.05) is 42.5 Å². The lowest BCUT2D eigenvalue weighted by molar-refractivity contribution is -0.134. The number of fused-ring (bicyclic) bond motifs is 2. The maximum absolute atomic E-state index is 12.7. The number of aliphatic hydroxyl groups is 1. The second-order valence-electron chi connectivity index (χ2n) is 10.4. The number of rotatable bonds is 7. The Morgan fingerprint density at radius 1 is 0.909 bits per heavy atom. The fraction of sp³-hybridized carbons (Fsp3) is 0.152. The number of carbonyl (C=O) groups is 3. The SMILES string of the molecule is CN1C(=O)C(=Cc2cn(CC(O)COc3cc(O)c4c(=O)cc(-c5ccccc5)oc4c3)c3ccccc23)C(=O)N(C)C1=O. The van der Waals surface area contributed by atoms with Crippen molar-refractivity contribution in [2.45, 2.75) is 12.6 Å². The van der Waals surface area contributed by atoms with Crippen molar-refractivity contribution in [3.8, 4) is 22.8 Å².